The van der Waals surface area contributed by atoms with Crippen LogP contribution in [0.3, 0.4) is 0 Å². The van der Waals surface area contributed by atoms with Crippen LogP contribution in [0.5, 0.6) is 5.75 Å². The third kappa shape index (κ3) is 3.01. The molecule has 0 radical (unpaired) electrons. The summed E-state index contributed by atoms with van der Waals surface area (Å²) in [5, 5.41) is 13.4. The van der Waals surface area contributed by atoms with E-state index in [1.54, 1.807) is 11.4 Å². The number of hydrogen-bond donors (Lipinski definition) is 2. The first-order valence-electron chi connectivity index (χ1n) is 5.76. The van der Waals surface area contributed by atoms with Gasteiger partial charge in [0, 0.05) is 6.04 Å². The molecular formula is C12H15NO4S. The SMILES string of the molecule is COc1ccsc1C(=O)NC(CC(=O)O)C1CC1. The summed E-state index contributed by atoms with van der Waals surface area (Å²) >= 11 is 1.29. The van der Waals surface area contributed by atoms with Crippen LogP contribution >= 0.6 is 11.3 Å². The molecule has 1 amide bonds. The van der Waals surface area contributed by atoms with E-state index in [1.165, 1.54) is 18.4 Å². The van der Waals surface area contributed by atoms with Crippen molar-refractivity contribution in [2.24, 2.45) is 5.92 Å². The zero-order valence-corrected chi connectivity index (χ0v) is 10.8. The Morgan fingerprint density at radius 3 is 2.89 bits per heavy atom. The molecule has 1 aromatic rings. The number of carboxylic acids is 1. The Bertz CT molecular complexity index is 453. The zero-order chi connectivity index (χ0) is 13.1. The Labute approximate surface area is 109 Å². The first kappa shape index (κ1) is 12.9. The van der Waals surface area contributed by atoms with E-state index in [2.05, 4.69) is 5.32 Å². The number of aliphatic carboxylic acids is 1. The van der Waals surface area contributed by atoms with Crippen LogP contribution in [0.1, 0.15) is 28.9 Å². The van der Waals surface area contributed by atoms with Crippen molar-refractivity contribution in [2.75, 3.05) is 7.11 Å². The Hall–Kier alpha value is -1.56. The fourth-order valence-corrected chi connectivity index (χ4v) is 2.64. The molecule has 1 saturated carbocycles. The summed E-state index contributed by atoms with van der Waals surface area (Å²) in [6.45, 7) is 0. The topological polar surface area (TPSA) is 75.6 Å². The molecule has 0 aromatic carbocycles. The summed E-state index contributed by atoms with van der Waals surface area (Å²) in [4.78, 5) is 23.3. The number of carbonyl (C=O) groups excluding carboxylic acids is 1. The fraction of sp³-hybridized carbons (Fsp3) is 0.500. The molecule has 98 valence electrons. The van der Waals surface area contributed by atoms with Crippen LogP contribution in [-0.4, -0.2) is 30.1 Å². The number of thiophene rings is 1. The van der Waals surface area contributed by atoms with E-state index in [0.29, 0.717) is 16.5 Å². The summed E-state index contributed by atoms with van der Waals surface area (Å²) in [5.41, 5.74) is 0. The van der Waals surface area contributed by atoms with Crippen molar-refractivity contribution >= 4 is 23.2 Å². The van der Waals surface area contributed by atoms with Crippen molar-refractivity contribution in [2.45, 2.75) is 25.3 Å². The molecule has 1 heterocycles. The molecule has 2 N–H and O–H groups in total. The lowest BCUT2D eigenvalue weighted by atomic mass is 10.1. The smallest absolute Gasteiger partial charge is 0.305 e. The molecule has 1 atom stereocenters. The molecular weight excluding hydrogens is 254 g/mol. The van der Waals surface area contributed by atoms with Crippen LogP contribution in [0.2, 0.25) is 0 Å². The van der Waals surface area contributed by atoms with Crippen molar-refractivity contribution in [1.29, 1.82) is 0 Å². The predicted molar refractivity (Wildman–Crippen MR) is 67.1 cm³/mol. The molecule has 0 bridgehead atoms. The van der Waals surface area contributed by atoms with Gasteiger partial charge in [-0.15, -0.1) is 11.3 Å². The van der Waals surface area contributed by atoms with Gasteiger partial charge in [0.2, 0.25) is 0 Å². The van der Waals surface area contributed by atoms with Gasteiger partial charge in [0.15, 0.2) is 0 Å². The maximum Gasteiger partial charge on any atom is 0.305 e. The van der Waals surface area contributed by atoms with E-state index in [1.807, 2.05) is 0 Å². The fourth-order valence-electron chi connectivity index (χ4n) is 1.88. The standard InChI is InChI=1S/C12H15NO4S/c1-17-9-4-5-18-11(9)12(16)13-8(6-10(14)15)7-2-3-7/h4-5,7-8H,2-3,6H2,1H3,(H,13,16)(H,14,15). The highest BCUT2D eigenvalue weighted by atomic mass is 32.1. The van der Waals surface area contributed by atoms with Crippen LogP contribution in [0.15, 0.2) is 11.4 Å². The maximum absolute atomic E-state index is 12.0. The molecule has 1 aliphatic carbocycles. The number of hydrogen-bond acceptors (Lipinski definition) is 4. The van der Waals surface area contributed by atoms with Crippen molar-refractivity contribution in [3.05, 3.63) is 16.3 Å². The second-order valence-corrected chi connectivity index (χ2v) is 5.25. The summed E-state index contributed by atoms with van der Waals surface area (Å²) in [5.74, 6) is -0.302. The Balaban J connectivity index is 2.02. The third-order valence-electron chi connectivity index (χ3n) is 2.96. The predicted octanol–water partition coefficient (Wildman–Crippen LogP) is 1.74. The third-order valence-corrected chi connectivity index (χ3v) is 3.85. The lowest BCUT2D eigenvalue weighted by Crippen LogP contribution is -2.37. The summed E-state index contributed by atoms with van der Waals surface area (Å²) in [7, 11) is 1.51. The second kappa shape index (κ2) is 5.39. The minimum absolute atomic E-state index is 0.0237. The second-order valence-electron chi connectivity index (χ2n) is 4.33. The van der Waals surface area contributed by atoms with Gasteiger partial charge in [-0.25, -0.2) is 0 Å². The number of carbonyl (C=O) groups is 2. The van der Waals surface area contributed by atoms with Crippen molar-refractivity contribution in [3.8, 4) is 5.75 Å². The summed E-state index contributed by atoms with van der Waals surface area (Å²) in [6, 6.07) is 1.45. The van der Waals surface area contributed by atoms with E-state index in [0.717, 1.165) is 12.8 Å². The van der Waals surface area contributed by atoms with Gasteiger partial charge >= 0.3 is 5.97 Å². The van der Waals surface area contributed by atoms with Gasteiger partial charge in [0.1, 0.15) is 10.6 Å². The van der Waals surface area contributed by atoms with E-state index in [9.17, 15) is 9.59 Å². The van der Waals surface area contributed by atoms with Crippen LogP contribution in [-0.2, 0) is 4.79 Å². The largest absolute Gasteiger partial charge is 0.495 e. The number of methoxy groups -OCH3 is 1. The molecule has 0 aliphatic heterocycles. The van der Waals surface area contributed by atoms with Gasteiger partial charge < -0.3 is 15.2 Å². The molecule has 1 aromatic heterocycles. The highest BCUT2D eigenvalue weighted by Gasteiger charge is 2.34. The first-order chi connectivity index (χ1) is 8.61. The summed E-state index contributed by atoms with van der Waals surface area (Å²) < 4.78 is 5.08. The lowest BCUT2D eigenvalue weighted by molar-refractivity contribution is -0.137. The first-order valence-corrected chi connectivity index (χ1v) is 6.64. The highest BCUT2D eigenvalue weighted by molar-refractivity contribution is 7.12. The molecule has 1 aliphatic rings. The van der Waals surface area contributed by atoms with Gasteiger partial charge in [0.05, 0.1) is 13.5 Å². The van der Waals surface area contributed by atoms with Crippen molar-refractivity contribution in [1.82, 2.24) is 5.32 Å². The number of ether oxygens (including phenoxy) is 1. The number of carboxylic acid groups (broad SMARTS) is 1. The normalized spacial score (nSPS) is 16.1. The molecule has 6 heteroatoms. The van der Waals surface area contributed by atoms with E-state index in [-0.39, 0.29) is 18.4 Å². The van der Waals surface area contributed by atoms with Crippen LogP contribution < -0.4 is 10.1 Å². The van der Waals surface area contributed by atoms with Crippen LogP contribution in [0.25, 0.3) is 0 Å². The van der Waals surface area contributed by atoms with E-state index >= 15 is 0 Å². The molecule has 1 fully saturated rings. The van der Waals surface area contributed by atoms with Gasteiger partial charge in [-0.3, -0.25) is 9.59 Å². The van der Waals surface area contributed by atoms with Gasteiger partial charge in [-0.2, -0.15) is 0 Å². The Kier molecular flexibility index (Phi) is 3.86. The molecule has 2 rings (SSSR count). The average Bonchev–Trinajstić information content (AvgIpc) is 3.05. The number of nitrogens with one attached hydrogen (secondary N) is 1. The monoisotopic (exact) mass is 269 g/mol. The molecule has 0 saturated heterocycles. The van der Waals surface area contributed by atoms with Crippen LogP contribution in [0, 0.1) is 5.92 Å². The molecule has 0 spiro atoms. The summed E-state index contributed by atoms with van der Waals surface area (Å²) in [6.07, 6.45) is 1.95. The molecule has 18 heavy (non-hydrogen) atoms. The van der Waals surface area contributed by atoms with Gasteiger partial charge in [-0.05, 0) is 30.2 Å². The van der Waals surface area contributed by atoms with Gasteiger partial charge in [0.25, 0.3) is 5.91 Å². The van der Waals surface area contributed by atoms with Gasteiger partial charge in [-0.1, -0.05) is 0 Å². The molecule has 5 nitrogen and oxygen atoms in total. The van der Waals surface area contributed by atoms with E-state index < -0.39 is 5.97 Å². The number of amides is 1. The van der Waals surface area contributed by atoms with Crippen LogP contribution in [0.4, 0.5) is 0 Å². The lowest BCUT2D eigenvalue weighted by Gasteiger charge is -2.15. The highest BCUT2D eigenvalue weighted by Crippen LogP contribution is 2.34. The maximum atomic E-state index is 12.0. The minimum atomic E-state index is -0.884. The molecule has 1 unspecified atom stereocenters. The Morgan fingerprint density at radius 2 is 2.33 bits per heavy atom. The van der Waals surface area contributed by atoms with Crippen molar-refractivity contribution < 1.29 is 19.4 Å². The zero-order valence-electron chi connectivity index (χ0n) is 10.0. The van der Waals surface area contributed by atoms with Crippen molar-refractivity contribution in [3.63, 3.8) is 0 Å². The van der Waals surface area contributed by atoms with E-state index in [4.69, 9.17) is 9.84 Å². The quantitative estimate of drug-likeness (QED) is 0.824. The number of rotatable bonds is 6. The minimum Gasteiger partial charge on any atom is -0.495 e. The Morgan fingerprint density at radius 1 is 1.61 bits per heavy atom. The average molecular weight is 269 g/mol.